The van der Waals surface area contributed by atoms with Crippen LogP contribution in [-0.4, -0.2) is 17.4 Å². The maximum atomic E-state index is 11.0. The number of benzene rings is 1. The molecule has 0 aliphatic carbocycles. The van der Waals surface area contributed by atoms with Crippen molar-refractivity contribution in [2.45, 2.75) is 26.8 Å². The van der Waals surface area contributed by atoms with Crippen molar-refractivity contribution < 1.29 is 9.53 Å². The third kappa shape index (κ3) is 5.71. The zero-order valence-electron chi connectivity index (χ0n) is 13.6. The minimum atomic E-state index is -0.550. The van der Waals surface area contributed by atoms with Gasteiger partial charge in [-0.05, 0) is 48.7 Å². The number of nitrogens with zero attached hydrogens (tertiary/aromatic N) is 1. The zero-order chi connectivity index (χ0) is 16.7. The molecule has 2 rings (SSSR count). The van der Waals surface area contributed by atoms with Gasteiger partial charge in [-0.15, -0.1) is 0 Å². The van der Waals surface area contributed by atoms with Gasteiger partial charge >= 0.3 is 0 Å². The molecule has 0 saturated carbocycles. The molecule has 1 aromatic heterocycles. The predicted molar refractivity (Wildman–Crippen MR) is 90.4 cm³/mol. The lowest BCUT2D eigenvalue weighted by Gasteiger charge is -2.09. The van der Waals surface area contributed by atoms with Crippen molar-refractivity contribution >= 4 is 5.91 Å². The second kappa shape index (κ2) is 8.29. The Morgan fingerprint density at radius 2 is 1.87 bits per heavy atom. The van der Waals surface area contributed by atoms with Crippen molar-refractivity contribution in [1.29, 1.82) is 0 Å². The summed E-state index contributed by atoms with van der Waals surface area (Å²) in [5.41, 5.74) is 6.59. The van der Waals surface area contributed by atoms with Crippen LogP contribution < -0.4 is 15.8 Å². The van der Waals surface area contributed by atoms with Crippen LogP contribution >= 0.6 is 0 Å². The van der Waals surface area contributed by atoms with E-state index in [1.165, 1.54) is 18.2 Å². The smallest absolute Gasteiger partial charge is 0.267 e. The molecule has 1 heterocycles. The van der Waals surface area contributed by atoms with Gasteiger partial charge in [-0.25, -0.2) is 4.98 Å². The normalized spacial score (nSPS) is 10.7. The molecule has 122 valence electrons. The zero-order valence-corrected chi connectivity index (χ0v) is 13.6. The van der Waals surface area contributed by atoms with Crippen LogP contribution in [0.5, 0.6) is 11.5 Å². The van der Waals surface area contributed by atoms with E-state index in [0.29, 0.717) is 11.7 Å². The van der Waals surface area contributed by atoms with Crippen LogP contribution in [0.2, 0.25) is 0 Å². The Labute approximate surface area is 136 Å². The Kier molecular flexibility index (Phi) is 6.11. The first kappa shape index (κ1) is 17.0. The summed E-state index contributed by atoms with van der Waals surface area (Å²) in [6, 6.07) is 11.1. The molecule has 1 aromatic carbocycles. The lowest BCUT2D eigenvalue weighted by molar-refractivity contribution is 0.0995. The topological polar surface area (TPSA) is 77.2 Å². The first-order valence-electron chi connectivity index (χ1n) is 7.78. The second-order valence-corrected chi connectivity index (χ2v) is 5.85. The number of amides is 1. The molecule has 3 N–H and O–H groups in total. The summed E-state index contributed by atoms with van der Waals surface area (Å²) in [5.74, 6) is 1.46. The fraction of sp³-hybridized carbons (Fsp3) is 0.333. The van der Waals surface area contributed by atoms with E-state index in [2.05, 4.69) is 24.1 Å². The average Bonchev–Trinajstić information content (AvgIpc) is 2.53. The third-order valence-corrected chi connectivity index (χ3v) is 3.38. The molecule has 0 saturated heterocycles. The minimum absolute atomic E-state index is 0.222. The number of carbonyl (C=O) groups is 1. The SMILES string of the molecule is CC(C)CCNCc1ccc(Oc2ccc(C(N)=O)nc2)cc1. The summed E-state index contributed by atoms with van der Waals surface area (Å²) < 4.78 is 5.69. The number of carbonyl (C=O) groups excluding carboxylic acids is 1. The van der Waals surface area contributed by atoms with Crippen molar-refractivity contribution in [2.75, 3.05) is 6.54 Å². The van der Waals surface area contributed by atoms with E-state index in [4.69, 9.17) is 10.5 Å². The number of ether oxygens (including phenoxy) is 1. The van der Waals surface area contributed by atoms with Gasteiger partial charge < -0.3 is 15.8 Å². The summed E-state index contributed by atoms with van der Waals surface area (Å²) in [5, 5.41) is 3.42. The van der Waals surface area contributed by atoms with Gasteiger partial charge in [0.15, 0.2) is 0 Å². The lowest BCUT2D eigenvalue weighted by atomic mass is 10.1. The molecule has 0 bridgehead atoms. The molecule has 1 amide bonds. The minimum Gasteiger partial charge on any atom is -0.456 e. The van der Waals surface area contributed by atoms with Crippen molar-refractivity contribution in [3.8, 4) is 11.5 Å². The van der Waals surface area contributed by atoms with Crippen molar-refractivity contribution in [3.63, 3.8) is 0 Å². The highest BCUT2D eigenvalue weighted by Crippen LogP contribution is 2.21. The Bertz CT molecular complexity index is 622. The van der Waals surface area contributed by atoms with Crippen molar-refractivity contribution in [3.05, 3.63) is 53.9 Å². The molecule has 0 radical (unpaired) electrons. The molecular weight excluding hydrogens is 290 g/mol. The predicted octanol–water partition coefficient (Wildman–Crippen LogP) is 3.11. The summed E-state index contributed by atoms with van der Waals surface area (Å²) >= 11 is 0. The number of rotatable bonds is 8. The van der Waals surface area contributed by atoms with E-state index in [-0.39, 0.29) is 5.69 Å². The Morgan fingerprint density at radius 1 is 1.17 bits per heavy atom. The molecule has 2 aromatic rings. The second-order valence-electron chi connectivity index (χ2n) is 5.85. The van der Waals surface area contributed by atoms with Crippen LogP contribution in [0, 0.1) is 5.92 Å². The molecule has 0 aliphatic rings. The van der Waals surface area contributed by atoms with E-state index in [1.807, 2.05) is 24.3 Å². The van der Waals surface area contributed by atoms with Gasteiger partial charge in [0, 0.05) is 6.54 Å². The largest absolute Gasteiger partial charge is 0.456 e. The maximum Gasteiger partial charge on any atom is 0.267 e. The van der Waals surface area contributed by atoms with Crippen LogP contribution in [0.25, 0.3) is 0 Å². The van der Waals surface area contributed by atoms with Gasteiger partial charge in [-0.3, -0.25) is 4.79 Å². The molecule has 0 fully saturated rings. The molecule has 0 spiro atoms. The van der Waals surface area contributed by atoms with Gasteiger partial charge in [0.05, 0.1) is 6.20 Å². The molecule has 0 unspecified atom stereocenters. The van der Waals surface area contributed by atoms with E-state index < -0.39 is 5.91 Å². The number of aromatic nitrogens is 1. The molecule has 5 nitrogen and oxygen atoms in total. The quantitative estimate of drug-likeness (QED) is 0.734. The molecule has 0 aliphatic heterocycles. The van der Waals surface area contributed by atoms with Gasteiger partial charge in [0.25, 0.3) is 5.91 Å². The van der Waals surface area contributed by atoms with E-state index in [1.54, 1.807) is 12.1 Å². The number of nitrogens with one attached hydrogen (secondary N) is 1. The summed E-state index contributed by atoms with van der Waals surface area (Å²) in [4.78, 5) is 14.9. The number of hydrogen-bond donors (Lipinski definition) is 2. The van der Waals surface area contributed by atoms with Crippen molar-refractivity contribution in [1.82, 2.24) is 10.3 Å². The highest BCUT2D eigenvalue weighted by molar-refractivity contribution is 5.90. The molecule has 0 atom stereocenters. The molecule has 5 heteroatoms. The Morgan fingerprint density at radius 3 is 2.43 bits per heavy atom. The third-order valence-electron chi connectivity index (χ3n) is 3.38. The highest BCUT2D eigenvalue weighted by atomic mass is 16.5. The van der Waals surface area contributed by atoms with Crippen LogP contribution in [0.3, 0.4) is 0 Å². The van der Waals surface area contributed by atoms with Crippen molar-refractivity contribution in [2.24, 2.45) is 11.7 Å². The maximum absolute atomic E-state index is 11.0. The monoisotopic (exact) mass is 313 g/mol. The van der Waals surface area contributed by atoms with Gasteiger partial charge in [0.2, 0.25) is 0 Å². The van der Waals surface area contributed by atoms with Crippen LogP contribution in [-0.2, 0) is 6.54 Å². The first-order chi connectivity index (χ1) is 11.0. The molecule has 23 heavy (non-hydrogen) atoms. The van der Waals surface area contributed by atoms with E-state index in [9.17, 15) is 4.79 Å². The number of primary amides is 1. The fourth-order valence-corrected chi connectivity index (χ4v) is 2.02. The standard InChI is InChI=1S/C18H23N3O2/c1-13(2)9-10-20-11-14-3-5-15(6-4-14)23-16-7-8-17(18(19)22)21-12-16/h3-8,12-13,20H,9-11H2,1-2H3,(H2,19,22). The summed E-state index contributed by atoms with van der Waals surface area (Å²) in [7, 11) is 0. The summed E-state index contributed by atoms with van der Waals surface area (Å²) in [6.45, 7) is 6.31. The molecular formula is C18H23N3O2. The van der Waals surface area contributed by atoms with E-state index in [0.717, 1.165) is 18.8 Å². The fourth-order valence-electron chi connectivity index (χ4n) is 2.02. The van der Waals surface area contributed by atoms with Crippen LogP contribution in [0.1, 0.15) is 36.3 Å². The van der Waals surface area contributed by atoms with Gasteiger partial charge in [-0.1, -0.05) is 26.0 Å². The average molecular weight is 313 g/mol. The van der Waals surface area contributed by atoms with Crippen LogP contribution in [0.4, 0.5) is 0 Å². The van der Waals surface area contributed by atoms with Crippen LogP contribution in [0.15, 0.2) is 42.6 Å². The Hall–Kier alpha value is -2.40. The number of hydrogen-bond acceptors (Lipinski definition) is 4. The first-order valence-corrected chi connectivity index (χ1v) is 7.78. The number of pyridine rings is 1. The highest BCUT2D eigenvalue weighted by Gasteiger charge is 2.03. The summed E-state index contributed by atoms with van der Waals surface area (Å²) in [6.07, 6.45) is 2.66. The number of nitrogens with two attached hydrogens (primary N) is 1. The lowest BCUT2D eigenvalue weighted by Crippen LogP contribution is -2.16. The van der Waals surface area contributed by atoms with E-state index >= 15 is 0 Å². The Balaban J connectivity index is 1.85. The van der Waals surface area contributed by atoms with Gasteiger partial charge in [-0.2, -0.15) is 0 Å². The van der Waals surface area contributed by atoms with Gasteiger partial charge in [0.1, 0.15) is 17.2 Å².